The molecular weight excluding hydrogens is 354 g/mol. The Morgan fingerprint density at radius 2 is 1.68 bits per heavy atom. The van der Waals surface area contributed by atoms with Crippen molar-refractivity contribution in [3.63, 3.8) is 0 Å². The summed E-state index contributed by atoms with van der Waals surface area (Å²) in [5.41, 5.74) is 5.11. The van der Waals surface area contributed by atoms with Crippen LogP contribution in [-0.4, -0.2) is 54.2 Å². The number of carbonyl (C=O) groups excluding carboxylic acids is 3. The van der Waals surface area contributed by atoms with Crippen LogP contribution in [-0.2, 0) is 17.6 Å². The van der Waals surface area contributed by atoms with Crippen LogP contribution in [0.15, 0.2) is 36.4 Å². The molecule has 2 aromatic carbocycles. The van der Waals surface area contributed by atoms with E-state index in [2.05, 4.69) is 5.32 Å². The van der Waals surface area contributed by atoms with Crippen molar-refractivity contribution >= 4 is 23.4 Å². The molecule has 1 atom stereocenters. The number of carbonyl (C=O) groups is 3. The van der Waals surface area contributed by atoms with Crippen molar-refractivity contribution in [3.05, 3.63) is 64.2 Å². The van der Waals surface area contributed by atoms with Crippen LogP contribution in [0.1, 0.15) is 37.4 Å². The first-order valence-corrected chi connectivity index (χ1v) is 9.39. The summed E-state index contributed by atoms with van der Waals surface area (Å²) in [5, 5.41) is 2.88. The molecule has 1 unspecified atom stereocenters. The summed E-state index contributed by atoms with van der Waals surface area (Å²) < 4.78 is 0. The summed E-state index contributed by atoms with van der Waals surface area (Å²) in [7, 11) is 3.91. The van der Waals surface area contributed by atoms with Crippen molar-refractivity contribution in [2.24, 2.45) is 0 Å². The summed E-state index contributed by atoms with van der Waals surface area (Å²) in [6.45, 7) is 2.36. The number of hydrogen-bond acceptors (Lipinski definition) is 4. The molecule has 0 aromatic heterocycles. The molecule has 0 aliphatic carbocycles. The Hall–Kier alpha value is -2.99. The van der Waals surface area contributed by atoms with Gasteiger partial charge in [-0.25, -0.2) is 0 Å². The van der Waals surface area contributed by atoms with E-state index >= 15 is 0 Å². The lowest BCUT2D eigenvalue weighted by Crippen LogP contribution is -2.44. The molecule has 6 heteroatoms. The third kappa shape index (κ3) is 2.99. The summed E-state index contributed by atoms with van der Waals surface area (Å²) in [5.74, 6) is -0.439. The SMILES string of the molecule is Cc1c(CC(CN2C(=O)c3ccccc3C2=O)N(C)C)ccc2c1CC(=O)N2. The van der Waals surface area contributed by atoms with Gasteiger partial charge in [0.1, 0.15) is 0 Å². The van der Waals surface area contributed by atoms with Gasteiger partial charge >= 0.3 is 0 Å². The molecule has 0 fully saturated rings. The number of imide groups is 1. The van der Waals surface area contributed by atoms with Crippen molar-refractivity contribution in [2.45, 2.75) is 25.8 Å². The van der Waals surface area contributed by atoms with Crippen LogP contribution in [0, 0.1) is 6.92 Å². The highest BCUT2D eigenvalue weighted by molar-refractivity contribution is 6.21. The van der Waals surface area contributed by atoms with E-state index in [0.29, 0.717) is 30.5 Å². The fourth-order valence-electron chi connectivity index (χ4n) is 4.01. The molecule has 4 rings (SSSR count). The fraction of sp³-hybridized carbons (Fsp3) is 0.318. The minimum atomic E-state index is -0.229. The average molecular weight is 377 g/mol. The molecule has 1 N–H and O–H groups in total. The van der Waals surface area contributed by atoms with Gasteiger partial charge in [0, 0.05) is 18.3 Å². The number of nitrogens with zero attached hydrogens (tertiary/aromatic N) is 2. The molecule has 3 amide bonds. The van der Waals surface area contributed by atoms with Gasteiger partial charge in [-0.3, -0.25) is 19.3 Å². The largest absolute Gasteiger partial charge is 0.326 e. The third-order valence-electron chi connectivity index (χ3n) is 5.78. The van der Waals surface area contributed by atoms with Crippen LogP contribution in [0.25, 0.3) is 0 Å². The van der Waals surface area contributed by atoms with Gasteiger partial charge in [-0.15, -0.1) is 0 Å². The Morgan fingerprint density at radius 3 is 2.29 bits per heavy atom. The second kappa shape index (κ2) is 6.87. The highest BCUT2D eigenvalue weighted by atomic mass is 16.2. The molecule has 28 heavy (non-hydrogen) atoms. The van der Waals surface area contributed by atoms with Crippen molar-refractivity contribution in [1.29, 1.82) is 0 Å². The third-order valence-corrected chi connectivity index (χ3v) is 5.78. The van der Waals surface area contributed by atoms with Crippen molar-refractivity contribution in [3.8, 4) is 0 Å². The van der Waals surface area contributed by atoms with Gasteiger partial charge < -0.3 is 10.2 Å². The number of likely N-dealkylation sites (N-methyl/N-ethyl adjacent to an activating group) is 1. The van der Waals surface area contributed by atoms with Crippen LogP contribution >= 0.6 is 0 Å². The number of rotatable bonds is 5. The summed E-state index contributed by atoms with van der Waals surface area (Å²) >= 11 is 0. The highest BCUT2D eigenvalue weighted by Gasteiger charge is 2.36. The molecule has 0 saturated heterocycles. The van der Waals surface area contributed by atoms with E-state index in [1.54, 1.807) is 24.3 Å². The monoisotopic (exact) mass is 377 g/mol. The Bertz CT molecular complexity index is 962. The number of anilines is 1. The summed E-state index contributed by atoms with van der Waals surface area (Å²) in [6.07, 6.45) is 1.09. The van der Waals surface area contributed by atoms with Crippen molar-refractivity contribution in [2.75, 3.05) is 26.0 Å². The topological polar surface area (TPSA) is 69.7 Å². The Morgan fingerprint density at radius 1 is 1.04 bits per heavy atom. The lowest BCUT2D eigenvalue weighted by molar-refractivity contribution is -0.115. The molecule has 0 spiro atoms. The number of nitrogens with one attached hydrogen (secondary N) is 1. The molecule has 0 saturated carbocycles. The highest BCUT2D eigenvalue weighted by Crippen LogP contribution is 2.30. The fourth-order valence-corrected chi connectivity index (χ4v) is 4.01. The quantitative estimate of drug-likeness (QED) is 0.812. The molecule has 6 nitrogen and oxygen atoms in total. The normalized spacial score (nSPS) is 16.4. The van der Waals surface area contributed by atoms with E-state index in [-0.39, 0.29) is 23.8 Å². The van der Waals surface area contributed by atoms with E-state index in [1.807, 2.05) is 38.1 Å². The lowest BCUT2D eigenvalue weighted by atomic mass is 9.95. The predicted molar refractivity (Wildman–Crippen MR) is 107 cm³/mol. The zero-order chi connectivity index (χ0) is 20.0. The van der Waals surface area contributed by atoms with E-state index < -0.39 is 0 Å². The predicted octanol–water partition coefficient (Wildman–Crippen LogP) is 2.26. The maximum absolute atomic E-state index is 12.7. The average Bonchev–Trinajstić information content (AvgIpc) is 3.16. The Labute approximate surface area is 164 Å². The first-order chi connectivity index (χ1) is 13.4. The first kappa shape index (κ1) is 18.4. The van der Waals surface area contributed by atoms with Crippen LogP contribution in [0.3, 0.4) is 0 Å². The van der Waals surface area contributed by atoms with Crippen LogP contribution in [0.4, 0.5) is 5.69 Å². The number of hydrogen-bond donors (Lipinski definition) is 1. The Balaban J connectivity index is 1.57. The smallest absolute Gasteiger partial charge is 0.261 e. The van der Waals surface area contributed by atoms with E-state index in [1.165, 1.54) is 4.90 Å². The van der Waals surface area contributed by atoms with Gasteiger partial charge in [0.25, 0.3) is 11.8 Å². The number of benzene rings is 2. The van der Waals surface area contributed by atoms with Gasteiger partial charge in [0.05, 0.1) is 17.5 Å². The number of amides is 3. The maximum atomic E-state index is 12.7. The number of fused-ring (bicyclic) bond motifs is 2. The standard InChI is InChI=1S/C22H23N3O3/c1-13-14(8-9-19-18(13)11-20(26)23-19)10-15(24(2)3)12-25-21(27)16-6-4-5-7-17(16)22(25)28/h4-9,15H,10-12H2,1-3H3,(H,23,26). The molecule has 0 radical (unpaired) electrons. The van der Waals surface area contributed by atoms with Crippen molar-refractivity contribution < 1.29 is 14.4 Å². The van der Waals surface area contributed by atoms with Gasteiger partial charge in [0.2, 0.25) is 5.91 Å². The molecular formula is C22H23N3O3. The molecule has 0 bridgehead atoms. The zero-order valence-corrected chi connectivity index (χ0v) is 16.3. The van der Waals surface area contributed by atoms with E-state index in [4.69, 9.17) is 0 Å². The molecule has 144 valence electrons. The van der Waals surface area contributed by atoms with E-state index in [9.17, 15) is 14.4 Å². The zero-order valence-electron chi connectivity index (χ0n) is 16.3. The molecule has 2 heterocycles. The van der Waals surface area contributed by atoms with Gasteiger partial charge in [-0.2, -0.15) is 0 Å². The second-order valence-corrected chi connectivity index (χ2v) is 7.69. The van der Waals surface area contributed by atoms with Gasteiger partial charge in [0.15, 0.2) is 0 Å². The van der Waals surface area contributed by atoms with Gasteiger partial charge in [-0.05, 0) is 62.3 Å². The minimum Gasteiger partial charge on any atom is -0.326 e. The maximum Gasteiger partial charge on any atom is 0.261 e. The Kier molecular flexibility index (Phi) is 4.51. The molecule has 2 aromatic rings. The van der Waals surface area contributed by atoms with Gasteiger partial charge in [-0.1, -0.05) is 18.2 Å². The minimum absolute atomic E-state index is 0.0189. The molecule has 2 aliphatic heterocycles. The van der Waals surface area contributed by atoms with Crippen LogP contribution < -0.4 is 5.32 Å². The summed E-state index contributed by atoms with van der Waals surface area (Å²) in [4.78, 5) is 40.5. The lowest BCUT2D eigenvalue weighted by Gasteiger charge is -2.29. The summed E-state index contributed by atoms with van der Waals surface area (Å²) in [6, 6.07) is 10.9. The van der Waals surface area contributed by atoms with Crippen LogP contribution in [0.2, 0.25) is 0 Å². The van der Waals surface area contributed by atoms with Crippen molar-refractivity contribution in [1.82, 2.24) is 9.80 Å². The molecule has 2 aliphatic rings. The first-order valence-electron chi connectivity index (χ1n) is 9.39. The van der Waals surface area contributed by atoms with Crippen LogP contribution in [0.5, 0.6) is 0 Å². The van der Waals surface area contributed by atoms with E-state index in [0.717, 1.165) is 22.4 Å². The second-order valence-electron chi connectivity index (χ2n) is 7.69.